The summed E-state index contributed by atoms with van der Waals surface area (Å²) < 4.78 is 31.1. The van der Waals surface area contributed by atoms with E-state index in [-0.39, 0.29) is 31.9 Å². The highest BCUT2D eigenvalue weighted by Crippen LogP contribution is 2.34. The standard InChI is InChI=1S/C15H13Cl2NO5S/c1-18(12-5-3-4-6-13(12)19)24(21,22)14-7-9(15(20)23-2)10(16)8-11(14)17/h3-8,19H,1-2H3. The molecule has 0 unspecified atom stereocenters. The monoisotopic (exact) mass is 389 g/mol. The maximum absolute atomic E-state index is 12.8. The first-order chi connectivity index (χ1) is 11.2. The third kappa shape index (κ3) is 3.28. The van der Waals surface area contributed by atoms with Crippen LogP contribution in [0.25, 0.3) is 0 Å². The van der Waals surface area contributed by atoms with Gasteiger partial charge in [0.15, 0.2) is 0 Å². The predicted molar refractivity (Wildman–Crippen MR) is 91.5 cm³/mol. The van der Waals surface area contributed by atoms with E-state index >= 15 is 0 Å². The van der Waals surface area contributed by atoms with Gasteiger partial charge >= 0.3 is 5.97 Å². The molecule has 128 valence electrons. The van der Waals surface area contributed by atoms with Crippen molar-refractivity contribution in [3.63, 3.8) is 0 Å². The van der Waals surface area contributed by atoms with E-state index in [9.17, 15) is 18.3 Å². The van der Waals surface area contributed by atoms with Crippen molar-refractivity contribution in [2.45, 2.75) is 4.90 Å². The molecule has 0 saturated heterocycles. The molecule has 0 amide bonds. The molecule has 24 heavy (non-hydrogen) atoms. The van der Waals surface area contributed by atoms with Crippen LogP contribution in [0.1, 0.15) is 10.4 Å². The summed E-state index contributed by atoms with van der Waals surface area (Å²) in [6.07, 6.45) is 0. The molecule has 0 atom stereocenters. The van der Waals surface area contributed by atoms with Gasteiger partial charge in [0.05, 0.1) is 28.4 Å². The predicted octanol–water partition coefficient (Wildman–Crippen LogP) is 3.31. The lowest BCUT2D eigenvalue weighted by Crippen LogP contribution is -2.27. The van der Waals surface area contributed by atoms with Crippen molar-refractivity contribution in [2.24, 2.45) is 0 Å². The minimum absolute atomic E-state index is 0.0315. The molecule has 0 radical (unpaired) electrons. The van der Waals surface area contributed by atoms with Gasteiger partial charge < -0.3 is 9.84 Å². The molecule has 0 aromatic heterocycles. The van der Waals surface area contributed by atoms with Gasteiger partial charge in [0.2, 0.25) is 0 Å². The fourth-order valence-electron chi connectivity index (χ4n) is 2.00. The summed E-state index contributed by atoms with van der Waals surface area (Å²) in [5, 5.41) is 9.66. The van der Waals surface area contributed by atoms with Crippen LogP contribution in [0.2, 0.25) is 10.0 Å². The molecule has 6 nitrogen and oxygen atoms in total. The van der Waals surface area contributed by atoms with Crippen LogP contribution in [0.5, 0.6) is 5.75 Å². The number of ether oxygens (including phenoxy) is 1. The largest absolute Gasteiger partial charge is 0.506 e. The zero-order valence-electron chi connectivity index (χ0n) is 12.7. The molecule has 0 heterocycles. The van der Waals surface area contributed by atoms with Gasteiger partial charge in [0.25, 0.3) is 10.0 Å². The molecule has 1 N–H and O–H groups in total. The van der Waals surface area contributed by atoms with Crippen LogP contribution in [0.3, 0.4) is 0 Å². The van der Waals surface area contributed by atoms with Crippen molar-refractivity contribution in [1.29, 1.82) is 0 Å². The first-order valence-electron chi connectivity index (χ1n) is 6.54. The topological polar surface area (TPSA) is 83.9 Å². The minimum Gasteiger partial charge on any atom is -0.506 e. The van der Waals surface area contributed by atoms with E-state index in [1.807, 2.05) is 0 Å². The quantitative estimate of drug-likeness (QED) is 0.810. The van der Waals surface area contributed by atoms with Crippen molar-refractivity contribution in [2.75, 3.05) is 18.5 Å². The van der Waals surface area contributed by atoms with Crippen LogP contribution in [-0.2, 0) is 14.8 Å². The lowest BCUT2D eigenvalue weighted by atomic mass is 10.2. The zero-order chi connectivity index (χ0) is 18.1. The van der Waals surface area contributed by atoms with Gasteiger partial charge in [0, 0.05) is 7.05 Å². The van der Waals surface area contributed by atoms with Crippen molar-refractivity contribution in [3.8, 4) is 5.75 Å². The first kappa shape index (κ1) is 18.4. The van der Waals surface area contributed by atoms with E-state index < -0.39 is 16.0 Å². The molecule has 0 aliphatic heterocycles. The number of sulfonamides is 1. The molecule has 2 aromatic rings. The van der Waals surface area contributed by atoms with Gasteiger partial charge in [-0.2, -0.15) is 0 Å². The van der Waals surface area contributed by atoms with Crippen LogP contribution in [0.15, 0.2) is 41.3 Å². The Morgan fingerprint density at radius 3 is 2.38 bits per heavy atom. The molecule has 2 aromatic carbocycles. The number of carbonyl (C=O) groups is 1. The van der Waals surface area contributed by atoms with Gasteiger partial charge in [-0.15, -0.1) is 0 Å². The maximum Gasteiger partial charge on any atom is 0.339 e. The fourth-order valence-corrected chi connectivity index (χ4v) is 4.03. The number of benzene rings is 2. The number of nitrogens with zero attached hydrogens (tertiary/aromatic N) is 1. The highest BCUT2D eigenvalue weighted by atomic mass is 35.5. The number of phenolic OH excluding ortho intramolecular Hbond substituents is 1. The smallest absolute Gasteiger partial charge is 0.339 e. The number of carbonyl (C=O) groups excluding carboxylic acids is 1. The van der Waals surface area contributed by atoms with E-state index in [4.69, 9.17) is 23.2 Å². The van der Waals surface area contributed by atoms with Crippen LogP contribution in [0, 0.1) is 0 Å². The second-order valence-corrected chi connectivity index (χ2v) is 7.47. The Bertz CT molecular complexity index is 899. The number of para-hydroxylation sites is 2. The van der Waals surface area contributed by atoms with E-state index in [2.05, 4.69) is 4.74 Å². The lowest BCUT2D eigenvalue weighted by molar-refractivity contribution is 0.0600. The lowest BCUT2D eigenvalue weighted by Gasteiger charge is -2.21. The van der Waals surface area contributed by atoms with E-state index in [1.54, 1.807) is 12.1 Å². The Kier molecular flexibility index (Phi) is 5.27. The molecule has 9 heteroatoms. The number of rotatable bonds is 4. The number of hydrogen-bond acceptors (Lipinski definition) is 5. The molecule has 0 bridgehead atoms. The Hall–Kier alpha value is -1.96. The van der Waals surface area contributed by atoms with Crippen molar-refractivity contribution >= 4 is 44.9 Å². The molecule has 0 fully saturated rings. The summed E-state index contributed by atoms with van der Waals surface area (Å²) in [5.74, 6) is -1.01. The first-order valence-corrected chi connectivity index (χ1v) is 8.74. The number of phenols is 1. The molecule has 0 aliphatic carbocycles. The van der Waals surface area contributed by atoms with Crippen LogP contribution < -0.4 is 4.31 Å². The third-order valence-corrected chi connectivity index (χ3v) is 5.84. The fraction of sp³-hybridized carbons (Fsp3) is 0.133. The Labute approximate surface area is 149 Å². The Morgan fingerprint density at radius 1 is 1.17 bits per heavy atom. The zero-order valence-corrected chi connectivity index (χ0v) is 15.0. The molecular weight excluding hydrogens is 377 g/mol. The minimum atomic E-state index is -4.15. The number of anilines is 1. The number of esters is 1. The number of methoxy groups -OCH3 is 1. The average Bonchev–Trinajstić information content (AvgIpc) is 2.53. The second kappa shape index (κ2) is 6.88. The van der Waals surface area contributed by atoms with Crippen molar-refractivity contribution in [3.05, 3.63) is 52.0 Å². The number of aromatic hydroxyl groups is 1. The van der Waals surface area contributed by atoms with Crippen molar-refractivity contribution in [1.82, 2.24) is 0 Å². The van der Waals surface area contributed by atoms with Gasteiger partial charge in [-0.25, -0.2) is 13.2 Å². The average molecular weight is 390 g/mol. The normalized spacial score (nSPS) is 11.2. The van der Waals surface area contributed by atoms with Gasteiger partial charge in [-0.3, -0.25) is 4.31 Å². The summed E-state index contributed by atoms with van der Waals surface area (Å²) in [7, 11) is -1.75. The summed E-state index contributed by atoms with van der Waals surface area (Å²) in [4.78, 5) is 11.4. The number of hydrogen-bond donors (Lipinski definition) is 1. The summed E-state index contributed by atoms with van der Waals surface area (Å²) >= 11 is 11.9. The van der Waals surface area contributed by atoms with Gasteiger partial charge in [0.1, 0.15) is 10.6 Å². The van der Waals surface area contributed by atoms with Crippen LogP contribution in [-0.4, -0.2) is 33.7 Å². The summed E-state index contributed by atoms with van der Waals surface area (Å²) in [5.41, 5.74) is -0.0732. The van der Waals surface area contributed by atoms with Crippen LogP contribution >= 0.6 is 23.2 Å². The third-order valence-electron chi connectivity index (χ3n) is 3.29. The molecule has 0 spiro atoms. The van der Waals surface area contributed by atoms with Gasteiger partial charge in [-0.05, 0) is 24.3 Å². The highest BCUT2D eigenvalue weighted by Gasteiger charge is 2.28. The summed E-state index contributed by atoms with van der Waals surface area (Å²) in [6.45, 7) is 0. The second-order valence-electron chi connectivity index (χ2n) is 4.72. The van der Waals surface area contributed by atoms with E-state index in [0.29, 0.717) is 0 Å². The SMILES string of the molecule is COC(=O)c1cc(S(=O)(=O)N(C)c2ccccc2O)c(Cl)cc1Cl. The Morgan fingerprint density at radius 2 is 1.79 bits per heavy atom. The maximum atomic E-state index is 12.8. The number of halogens is 2. The Balaban J connectivity index is 2.61. The summed E-state index contributed by atoms with van der Waals surface area (Å²) in [6, 6.07) is 8.11. The van der Waals surface area contributed by atoms with Gasteiger partial charge in [-0.1, -0.05) is 35.3 Å². The highest BCUT2D eigenvalue weighted by molar-refractivity contribution is 7.93. The molecule has 2 rings (SSSR count). The van der Waals surface area contributed by atoms with E-state index in [0.717, 1.165) is 23.5 Å². The van der Waals surface area contributed by atoms with Crippen molar-refractivity contribution < 1.29 is 23.1 Å². The van der Waals surface area contributed by atoms with E-state index in [1.165, 1.54) is 19.2 Å². The van der Waals surface area contributed by atoms with Crippen LogP contribution in [0.4, 0.5) is 5.69 Å². The molecule has 0 aliphatic rings. The molecular formula is C15H13Cl2NO5S. The molecule has 0 saturated carbocycles.